The van der Waals surface area contributed by atoms with E-state index in [0.717, 1.165) is 155 Å². The van der Waals surface area contributed by atoms with Gasteiger partial charge in [0.1, 0.15) is 52.6 Å². The molecule has 86 heavy (non-hydrogen) atoms. The van der Waals surface area contributed by atoms with E-state index in [-0.39, 0.29) is 23.9 Å². The molecule has 0 aromatic heterocycles. The molecule has 0 fully saturated rings. The molecule has 4 aromatic carbocycles. The monoisotopic (exact) mass is 1180 g/mol. The topological polar surface area (TPSA) is 105 Å². The maximum atomic E-state index is 12.5. The van der Waals surface area contributed by atoms with Crippen molar-refractivity contribution in [1.29, 1.82) is 0 Å². The zero-order valence-corrected chi connectivity index (χ0v) is 55.0. The second-order valence-electron chi connectivity index (χ2n) is 24.5. The van der Waals surface area contributed by atoms with E-state index < -0.39 is 0 Å². The first kappa shape index (κ1) is 70.3. The number of esters is 4. The van der Waals surface area contributed by atoms with Crippen molar-refractivity contribution in [2.24, 2.45) is 0 Å². The lowest BCUT2D eigenvalue weighted by atomic mass is 10.1. The summed E-state index contributed by atoms with van der Waals surface area (Å²) in [6.07, 6.45) is 17.2. The normalized spacial score (nSPS) is 14.3. The van der Waals surface area contributed by atoms with Gasteiger partial charge < -0.3 is 36.9 Å². The van der Waals surface area contributed by atoms with E-state index in [4.69, 9.17) is 18.9 Å². The zero-order chi connectivity index (χ0) is 62.6. The van der Waals surface area contributed by atoms with Crippen LogP contribution in [0.3, 0.4) is 0 Å². The van der Waals surface area contributed by atoms with Gasteiger partial charge in [-0.25, -0.2) is 19.2 Å². The molecule has 0 radical (unpaired) electrons. The third kappa shape index (κ3) is 20.3. The number of hydrogen-bond donors (Lipinski definition) is 0. The van der Waals surface area contributed by atoms with Crippen molar-refractivity contribution in [2.45, 2.75) is 120 Å². The third-order valence-electron chi connectivity index (χ3n) is 18.0. The minimum absolute atomic E-state index is 0.166. The fraction of sp³-hybridized carbons (Fsp3) is 0.514. The van der Waals surface area contributed by atoms with Crippen LogP contribution in [-0.2, 0) is 63.8 Å². The summed E-state index contributed by atoms with van der Waals surface area (Å²) >= 11 is 0. The van der Waals surface area contributed by atoms with E-state index in [1.807, 2.05) is 97.1 Å². The predicted octanol–water partition coefficient (Wildman–Crippen LogP) is 13.0. The number of allylic oxidation sites excluding steroid dienone is 4. The van der Waals surface area contributed by atoms with Gasteiger partial charge in [-0.1, -0.05) is 155 Å². The van der Waals surface area contributed by atoms with E-state index in [1.165, 1.54) is 67.4 Å². The highest BCUT2D eigenvalue weighted by Gasteiger charge is 2.29. The highest BCUT2D eigenvalue weighted by molar-refractivity contribution is 6.19. The molecule has 4 aliphatic carbocycles. The minimum Gasteiger partial charge on any atom is -0.456 e. The van der Waals surface area contributed by atoms with Gasteiger partial charge in [0.25, 0.3) is 0 Å². The number of likely N-dealkylation sites (N-methyl/N-ethyl adjacent to an activating group) is 4. The third-order valence-corrected chi connectivity index (χ3v) is 18.0. The molecule has 0 aliphatic heterocycles. The molecule has 12 heteroatoms. The van der Waals surface area contributed by atoms with Crippen LogP contribution in [0.4, 0.5) is 0 Å². The van der Waals surface area contributed by atoms with Crippen molar-refractivity contribution < 1.29 is 56.1 Å². The van der Waals surface area contributed by atoms with Crippen molar-refractivity contribution in [3.63, 3.8) is 0 Å². The number of quaternary nitrogens is 4. The molecule has 0 spiro atoms. The van der Waals surface area contributed by atoms with Gasteiger partial charge in [-0.05, 0) is 130 Å². The summed E-state index contributed by atoms with van der Waals surface area (Å²) in [5.74, 6) is -0.715. The number of carbonyl (C=O) groups excluding carboxylic acids is 4. The smallest absolute Gasteiger partial charge is 0.338 e. The molecule has 468 valence electrons. The van der Waals surface area contributed by atoms with Gasteiger partial charge in [-0.3, -0.25) is 0 Å². The molecule has 12 nitrogen and oxygen atoms in total. The SMILES string of the molecule is CCCC[N+](CC)(CCC)CCOC(=O)C1=CCc2ccccc21.CCC[N+](CC)(CCC)CCOC(=O)C1=CCc2ccccc21.CC[N+](CC)(CC)CCOC(=O)C1=CCc2ccccc21.C[N+](C)(C)CCOC(=O)C1=CCc2ccccc21. The molecule has 8 rings (SSSR count). The molecule has 0 saturated carbocycles. The van der Waals surface area contributed by atoms with E-state index in [2.05, 4.69) is 108 Å². The zero-order valence-electron chi connectivity index (χ0n) is 55.0. The van der Waals surface area contributed by atoms with Crippen LogP contribution in [-0.4, -0.2) is 174 Å². The van der Waals surface area contributed by atoms with Crippen molar-refractivity contribution in [3.8, 4) is 0 Å². The van der Waals surface area contributed by atoms with Gasteiger partial charge in [0.05, 0.1) is 102 Å². The fourth-order valence-corrected chi connectivity index (χ4v) is 12.3. The number of hydrogen-bond acceptors (Lipinski definition) is 8. The molecule has 0 bridgehead atoms. The number of fused-ring (bicyclic) bond motifs is 4. The Morgan fingerprint density at radius 2 is 0.581 bits per heavy atom. The quantitative estimate of drug-likeness (QED) is 0.0289. The lowest BCUT2D eigenvalue weighted by Crippen LogP contribution is -2.51. The summed E-state index contributed by atoms with van der Waals surface area (Å²) in [4.78, 5) is 49.1. The standard InChI is InChI=1S/C21H32NO2.C20H30NO2.C18H26NO2.C15H20NO2/c1-4-7-15-22(6-3,14-5-2)16-17-24-21(23)20-13-12-18-10-8-9-11-19(18)20;1-4-13-21(6-3,14-5-2)15-16-23-20(22)19-12-11-17-9-7-8-10-18(17)19;1-4-19(5-2,6-3)13-14-21-18(20)17-12-11-15-9-7-8-10-16(15)17;1-16(2,3)10-11-18-15(17)14-9-8-12-6-4-5-7-13(12)14/h8-11,13H,4-7,12,14-17H2,1-3H3;7-10,12H,4-6,11,13-16H2,1-3H3;7-10,12H,4-6,11,13-14H2,1-3H3;4-7,9H,8,10-11H2,1-3H3/q4*+1. The summed E-state index contributed by atoms with van der Waals surface area (Å²) in [5, 5.41) is 0. The maximum absolute atomic E-state index is 12.5. The molecule has 4 aliphatic rings. The molecule has 1 unspecified atom stereocenters. The molecule has 0 N–H and O–H groups in total. The predicted molar refractivity (Wildman–Crippen MR) is 353 cm³/mol. The van der Waals surface area contributed by atoms with Gasteiger partial charge in [0.15, 0.2) is 0 Å². The number of benzene rings is 4. The second-order valence-corrected chi connectivity index (χ2v) is 24.5. The van der Waals surface area contributed by atoms with Crippen molar-refractivity contribution >= 4 is 46.2 Å². The Morgan fingerprint density at radius 1 is 0.326 bits per heavy atom. The Kier molecular flexibility index (Phi) is 28.9. The summed E-state index contributed by atoms with van der Waals surface area (Å²) in [7, 11) is 6.24. The summed E-state index contributed by atoms with van der Waals surface area (Å²) in [5.41, 5.74) is 11.9. The van der Waals surface area contributed by atoms with Crippen LogP contribution in [0.15, 0.2) is 121 Å². The summed E-state index contributed by atoms with van der Waals surface area (Å²) < 4.78 is 26.0. The van der Waals surface area contributed by atoms with Gasteiger partial charge in [-0.15, -0.1) is 0 Å². The van der Waals surface area contributed by atoms with Crippen LogP contribution >= 0.6 is 0 Å². The maximum Gasteiger partial charge on any atom is 0.338 e. The molecule has 0 amide bonds. The van der Waals surface area contributed by atoms with Crippen molar-refractivity contribution in [3.05, 3.63) is 166 Å². The van der Waals surface area contributed by atoms with E-state index in [1.54, 1.807) is 0 Å². The van der Waals surface area contributed by atoms with E-state index in [9.17, 15) is 19.2 Å². The minimum atomic E-state index is -0.201. The Bertz CT molecular complexity index is 2930. The highest BCUT2D eigenvalue weighted by Crippen LogP contribution is 2.31. The van der Waals surface area contributed by atoms with Crippen LogP contribution < -0.4 is 0 Å². The van der Waals surface area contributed by atoms with Gasteiger partial charge in [-0.2, -0.15) is 0 Å². The van der Waals surface area contributed by atoms with Crippen molar-refractivity contribution in [1.82, 2.24) is 0 Å². The lowest BCUT2D eigenvalue weighted by Gasteiger charge is -2.37. The Labute approximate surface area is 518 Å². The van der Waals surface area contributed by atoms with Crippen LogP contribution in [0.5, 0.6) is 0 Å². The lowest BCUT2D eigenvalue weighted by molar-refractivity contribution is -0.926. The number of carbonyl (C=O) groups is 4. The van der Waals surface area contributed by atoms with Gasteiger partial charge in [0.2, 0.25) is 0 Å². The highest BCUT2D eigenvalue weighted by atomic mass is 16.5. The largest absolute Gasteiger partial charge is 0.456 e. The molecular weight excluding hydrogens is 1070 g/mol. The van der Waals surface area contributed by atoms with Crippen LogP contribution in [0.2, 0.25) is 0 Å². The molecule has 0 heterocycles. The Balaban J connectivity index is 0.000000210. The first-order valence-corrected chi connectivity index (χ1v) is 32.6. The Hall–Kier alpha value is -6.44. The number of ether oxygens (including phenoxy) is 4. The number of nitrogens with zero attached hydrogens (tertiary/aromatic N) is 4. The molecule has 4 aromatic rings. The molecular formula is C74H108N4O8+4. The fourth-order valence-electron chi connectivity index (χ4n) is 12.3. The molecule has 0 saturated heterocycles. The number of rotatable bonds is 30. The average Bonchev–Trinajstić information content (AvgIpc) is 2.45. The average molecular weight is 1180 g/mol. The van der Waals surface area contributed by atoms with Gasteiger partial charge >= 0.3 is 23.9 Å². The van der Waals surface area contributed by atoms with Crippen molar-refractivity contribution in [2.75, 3.05) is 133 Å². The first-order valence-electron chi connectivity index (χ1n) is 32.6. The number of unbranched alkanes of at least 4 members (excludes halogenated alkanes) is 1. The first-order chi connectivity index (χ1) is 41.4. The van der Waals surface area contributed by atoms with Gasteiger partial charge in [0, 0.05) is 0 Å². The molecule has 1 atom stereocenters. The van der Waals surface area contributed by atoms with Crippen LogP contribution in [0.1, 0.15) is 139 Å². The van der Waals surface area contributed by atoms with E-state index in [0.29, 0.717) is 32.0 Å². The summed E-state index contributed by atoms with van der Waals surface area (Å²) in [6, 6.07) is 32.2. The second kappa shape index (κ2) is 35.4. The van der Waals surface area contributed by atoms with Crippen LogP contribution in [0.25, 0.3) is 22.3 Å². The Morgan fingerprint density at radius 3 is 0.837 bits per heavy atom. The van der Waals surface area contributed by atoms with E-state index >= 15 is 0 Å². The summed E-state index contributed by atoms with van der Waals surface area (Å²) in [6.45, 7) is 35.7. The van der Waals surface area contributed by atoms with Crippen LogP contribution in [0, 0.1) is 0 Å².